The monoisotopic (exact) mass is 322 g/mol. The molecule has 1 fully saturated rings. The van der Waals surface area contributed by atoms with Crippen LogP contribution in [0.25, 0.3) is 0 Å². The van der Waals surface area contributed by atoms with Crippen LogP contribution in [0.4, 0.5) is 43.9 Å². The molecule has 11 heteroatoms. The highest BCUT2D eigenvalue weighted by Crippen LogP contribution is 2.69. The van der Waals surface area contributed by atoms with Gasteiger partial charge in [-0.2, -0.15) is 35.1 Å². The van der Waals surface area contributed by atoms with Gasteiger partial charge in [-0.15, -0.1) is 0 Å². The van der Waals surface area contributed by atoms with Gasteiger partial charge in [-0.25, -0.2) is 8.78 Å². The fourth-order valence-corrected chi connectivity index (χ4v) is 1.98. The summed E-state index contributed by atoms with van der Waals surface area (Å²) in [5, 5.41) is 8.66. The van der Waals surface area contributed by atoms with Gasteiger partial charge in [0.1, 0.15) is 0 Å². The van der Waals surface area contributed by atoms with Crippen molar-refractivity contribution in [3.05, 3.63) is 0 Å². The fourth-order valence-electron chi connectivity index (χ4n) is 1.98. The Balaban J connectivity index is 3.83. The first-order chi connectivity index (χ1) is 8.44. The van der Waals surface area contributed by atoms with Crippen LogP contribution < -0.4 is 0 Å². The number of hydrogen-bond acceptors (Lipinski definition) is 1. The zero-order valence-electron chi connectivity index (χ0n) is 9.80. The molecule has 20 heavy (non-hydrogen) atoms. The molecule has 3 atom stereocenters. The van der Waals surface area contributed by atoms with Crippen molar-refractivity contribution in [2.75, 3.05) is 0 Å². The minimum atomic E-state index is -6.78. The summed E-state index contributed by atoms with van der Waals surface area (Å²) < 4.78 is 133. The van der Waals surface area contributed by atoms with Crippen LogP contribution in [0.1, 0.15) is 13.8 Å². The summed E-state index contributed by atoms with van der Waals surface area (Å²) in [6, 6.07) is 0. The molecule has 0 heterocycles. The first-order valence-corrected chi connectivity index (χ1v) is 5.01. The molecule has 1 aliphatic carbocycles. The number of rotatable bonds is 1. The third-order valence-electron chi connectivity index (χ3n) is 3.46. The van der Waals surface area contributed by atoms with Crippen molar-refractivity contribution in [2.45, 2.75) is 55.0 Å². The van der Waals surface area contributed by atoms with Crippen LogP contribution in [0, 0.1) is 0 Å². The average Bonchev–Trinajstić information content (AvgIpc) is 2.24. The van der Waals surface area contributed by atoms with E-state index in [0.29, 0.717) is 0 Å². The van der Waals surface area contributed by atoms with Crippen LogP contribution >= 0.6 is 0 Å². The van der Waals surface area contributed by atoms with Gasteiger partial charge in [0.25, 0.3) is 5.67 Å². The van der Waals surface area contributed by atoms with Crippen molar-refractivity contribution < 1.29 is 49.0 Å². The van der Waals surface area contributed by atoms with E-state index < -0.39 is 48.1 Å². The van der Waals surface area contributed by atoms with Gasteiger partial charge < -0.3 is 5.11 Å². The molecule has 0 spiro atoms. The molecular formula is C9H8F10O. The van der Waals surface area contributed by atoms with Crippen LogP contribution in [0.15, 0.2) is 0 Å². The van der Waals surface area contributed by atoms with Gasteiger partial charge in [-0.05, 0) is 13.8 Å². The molecular weight excluding hydrogens is 314 g/mol. The molecule has 0 aromatic carbocycles. The van der Waals surface area contributed by atoms with Crippen LogP contribution in [0.2, 0.25) is 0 Å². The molecule has 0 aromatic heterocycles. The van der Waals surface area contributed by atoms with E-state index in [2.05, 4.69) is 0 Å². The normalized spacial score (nSPS) is 43.0. The van der Waals surface area contributed by atoms with Crippen molar-refractivity contribution in [3.8, 4) is 0 Å². The minimum absolute atomic E-state index is 0.0998. The van der Waals surface area contributed by atoms with E-state index in [-0.39, 0.29) is 6.92 Å². The molecule has 1 aliphatic rings. The number of hydrogen-bond donors (Lipinski definition) is 1. The number of aliphatic hydroxyl groups is 1. The van der Waals surface area contributed by atoms with E-state index in [0.717, 1.165) is 0 Å². The Bertz CT molecular complexity index is 383. The number of aliphatic hydroxyl groups excluding tert-OH is 1. The Morgan fingerprint density at radius 1 is 0.650 bits per heavy atom. The summed E-state index contributed by atoms with van der Waals surface area (Å²) in [5.74, 6) is -26.4. The van der Waals surface area contributed by atoms with E-state index >= 15 is 0 Å². The predicted molar refractivity (Wildman–Crippen MR) is 44.8 cm³/mol. The third kappa shape index (κ3) is 1.30. The van der Waals surface area contributed by atoms with E-state index in [1.54, 1.807) is 0 Å². The highest BCUT2D eigenvalue weighted by atomic mass is 19.4. The second-order valence-corrected chi connectivity index (χ2v) is 4.69. The lowest BCUT2D eigenvalue weighted by molar-refractivity contribution is -0.467. The van der Waals surface area contributed by atoms with Crippen molar-refractivity contribution in [2.24, 2.45) is 0 Å². The molecule has 120 valence electrons. The molecule has 1 N–H and O–H groups in total. The quantitative estimate of drug-likeness (QED) is 0.734. The second-order valence-electron chi connectivity index (χ2n) is 4.69. The Hall–Kier alpha value is -0.740. The smallest absolute Gasteiger partial charge is 0.379 e. The van der Waals surface area contributed by atoms with Crippen LogP contribution in [0.5, 0.6) is 0 Å². The molecule has 0 amide bonds. The Morgan fingerprint density at radius 2 is 1.00 bits per heavy atom. The lowest BCUT2D eigenvalue weighted by Gasteiger charge is -2.55. The Kier molecular flexibility index (Phi) is 3.22. The molecule has 1 rings (SSSR count). The predicted octanol–water partition coefficient (Wildman–Crippen LogP) is 3.36. The van der Waals surface area contributed by atoms with Crippen molar-refractivity contribution in [3.63, 3.8) is 0 Å². The Morgan fingerprint density at radius 3 is 1.30 bits per heavy atom. The molecule has 0 aliphatic heterocycles. The highest BCUT2D eigenvalue weighted by molar-refractivity contribution is 5.29. The SMILES string of the molecule is CC(O)C1(F)C(F)(F)C(C)(F)C(F)(F)C(F)(F)C1(F)F. The minimum Gasteiger partial charge on any atom is -0.390 e. The van der Waals surface area contributed by atoms with Gasteiger partial charge in [0.15, 0.2) is 0 Å². The summed E-state index contributed by atoms with van der Waals surface area (Å²) in [6.07, 6.45) is -3.55. The lowest BCUT2D eigenvalue weighted by Crippen LogP contribution is -2.86. The van der Waals surface area contributed by atoms with Gasteiger partial charge in [-0.3, -0.25) is 0 Å². The van der Waals surface area contributed by atoms with Crippen molar-refractivity contribution >= 4 is 0 Å². The number of halogens is 10. The van der Waals surface area contributed by atoms with Gasteiger partial charge in [-0.1, -0.05) is 0 Å². The topological polar surface area (TPSA) is 20.2 Å². The zero-order chi connectivity index (χ0) is 16.6. The van der Waals surface area contributed by atoms with Gasteiger partial charge >= 0.3 is 23.7 Å². The second kappa shape index (κ2) is 3.72. The van der Waals surface area contributed by atoms with Crippen molar-refractivity contribution in [1.82, 2.24) is 0 Å². The van der Waals surface area contributed by atoms with Gasteiger partial charge in [0.2, 0.25) is 5.67 Å². The maximum Gasteiger partial charge on any atom is 0.379 e. The van der Waals surface area contributed by atoms with Crippen LogP contribution in [-0.4, -0.2) is 46.2 Å². The largest absolute Gasteiger partial charge is 0.390 e. The van der Waals surface area contributed by atoms with E-state index in [1.807, 2.05) is 0 Å². The average molecular weight is 322 g/mol. The van der Waals surface area contributed by atoms with E-state index in [4.69, 9.17) is 5.11 Å². The fraction of sp³-hybridized carbons (Fsp3) is 1.00. The summed E-state index contributed by atoms with van der Waals surface area (Å²) in [5.41, 5.74) is -11.6. The maximum atomic E-state index is 13.8. The molecule has 1 saturated carbocycles. The van der Waals surface area contributed by atoms with E-state index in [1.165, 1.54) is 0 Å². The van der Waals surface area contributed by atoms with Gasteiger partial charge in [0.05, 0.1) is 6.10 Å². The molecule has 3 unspecified atom stereocenters. The summed E-state index contributed by atoms with van der Waals surface area (Å²) in [7, 11) is 0. The molecule has 0 saturated heterocycles. The Labute approximate surface area is 105 Å². The highest BCUT2D eigenvalue weighted by Gasteiger charge is 2.99. The molecule has 0 aromatic rings. The zero-order valence-corrected chi connectivity index (χ0v) is 9.80. The first-order valence-electron chi connectivity index (χ1n) is 5.01. The number of alkyl halides is 10. The lowest BCUT2D eigenvalue weighted by atomic mass is 9.65. The first kappa shape index (κ1) is 17.3. The van der Waals surface area contributed by atoms with Gasteiger partial charge in [0, 0.05) is 0 Å². The van der Waals surface area contributed by atoms with Crippen molar-refractivity contribution in [1.29, 1.82) is 0 Å². The molecule has 0 bridgehead atoms. The summed E-state index contributed by atoms with van der Waals surface area (Å²) in [6.45, 7) is -0.926. The summed E-state index contributed by atoms with van der Waals surface area (Å²) >= 11 is 0. The third-order valence-corrected chi connectivity index (χ3v) is 3.46. The molecule has 1 nitrogen and oxygen atoms in total. The molecule has 0 radical (unpaired) electrons. The van der Waals surface area contributed by atoms with Crippen LogP contribution in [0.3, 0.4) is 0 Å². The van der Waals surface area contributed by atoms with E-state index in [9.17, 15) is 43.9 Å². The standard InChI is InChI=1S/C9H8F10O/c1-3(20)5(11)6(12,13)4(2,10)7(14,15)9(18,19)8(5,16)17/h3,20H,1-2H3. The maximum absolute atomic E-state index is 13.8. The summed E-state index contributed by atoms with van der Waals surface area (Å²) in [4.78, 5) is 0. The van der Waals surface area contributed by atoms with Crippen LogP contribution in [-0.2, 0) is 0 Å².